The molecule has 1 amide bonds. The highest BCUT2D eigenvalue weighted by Crippen LogP contribution is 2.33. The van der Waals surface area contributed by atoms with Crippen LogP contribution in [0.25, 0.3) is 11.3 Å². The minimum absolute atomic E-state index is 0.288. The van der Waals surface area contributed by atoms with E-state index in [1.54, 1.807) is 0 Å². The molecule has 232 valence electrons. The monoisotopic (exact) mass is 636 g/mol. The third-order valence-electron chi connectivity index (χ3n) is 8.61. The molecule has 0 aliphatic carbocycles. The van der Waals surface area contributed by atoms with Crippen LogP contribution >= 0.6 is 11.6 Å². The van der Waals surface area contributed by atoms with Crippen LogP contribution in [0, 0.1) is 11.8 Å². The summed E-state index contributed by atoms with van der Waals surface area (Å²) in [6.45, 7) is 6.43. The second-order valence-electron chi connectivity index (χ2n) is 11.6. The SMILES string of the molecule is CS(=O)(=O)N1CCc2c(c(-c3ccc(Cl)c(C#Cc4ccc5c(c4)CNC(C(N)=O)C5)c3)nn2CCCN2CCOCC2)C1. The zero-order valence-corrected chi connectivity index (χ0v) is 26.4. The Balaban J connectivity index is 1.27. The van der Waals surface area contributed by atoms with Crippen molar-refractivity contribution in [1.29, 1.82) is 0 Å². The maximum atomic E-state index is 12.5. The normalized spacial score (nSPS) is 19.1. The summed E-state index contributed by atoms with van der Waals surface area (Å²) < 4.78 is 34.0. The van der Waals surface area contributed by atoms with E-state index in [2.05, 4.69) is 26.7 Å². The molecule has 4 heterocycles. The molecule has 12 heteroatoms. The molecule has 3 aliphatic heterocycles. The summed E-state index contributed by atoms with van der Waals surface area (Å²) in [6, 6.07) is 11.3. The maximum Gasteiger partial charge on any atom is 0.234 e. The number of halogens is 1. The van der Waals surface area contributed by atoms with Crippen molar-refractivity contribution in [3.8, 4) is 23.1 Å². The summed E-state index contributed by atoms with van der Waals surface area (Å²) >= 11 is 6.60. The highest BCUT2D eigenvalue weighted by atomic mass is 35.5. The zero-order chi connectivity index (χ0) is 30.8. The van der Waals surface area contributed by atoms with Gasteiger partial charge in [-0.05, 0) is 48.2 Å². The van der Waals surface area contributed by atoms with Gasteiger partial charge in [0.05, 0.1) is 36.2 Å². The number of carbonyl (C=O) groups is 1. The van der Waals surface area contributed by atoms with Crippen LogP contribution in [0.3, 0.4) is 0 Å². The Bertz CT molecular complexity index is 1740. The van der Waals surface area contributed by atoms with Crippen LogP contribution in [0.15, 0.2) is 36.4 Å². The lowest BCUT2D eigenvalue weighted by Gasteiger charge is -2.27. The third-order valence-corrected chi connectivity index (χ3v) is 10.2. The molecule has 10 nitrogen and oxygen atoms in total. The van der Waals surface area contributed by atoms with Crippen molar-refractivity contribution in [2.75, 3.05) is 45.6 Å². The Morgan fingerprint density at radius 1 is 1.11 bits per heavy atom. The second kappa shape index (κ2) is 13.0. The van der Waals surface area contributed by atoms with E-state index in [0.29, 0.717) is 36.5 Å². The van der Waals surface area contributed by atoms with Crippen LogP contribution in [0.2, 0.25) is 5.02 Å². The molecule has 2 aromatic carbocycles. The summed E-state index contributed by atoms with van der Waals surface area (Å²) in [5.41, 5.74) is 12.8. The van der Waals surface area contributed by atoms with E-state index >= 15 is 0 Å². The van der Waals surface area contributed by atoms with Gasteiger partial charge in [0.15, 0.2) is 0 Å². The zero-order valence-electron chi connectivity index (χ0n) is 24.8. The standard InChI is InChI=1S/C32H37ClN6O4S/c1-44(41,42)38-12-9-30-27(21-38)31(36-39(30)11-2-10-37-13-15-43-16-14-37)25-7-8-28(33)24(18-25)6-4-22-3-5-23-19-29(32(34)40)35-20-26(23)17-22/h3,5,7-8,17-18,29,35H,2,9-16,19-21H2,1H3,(H2,34,40). The molecule has 0 radical (unpaired) electrons. The first-order valence-corrected chi connectivity index (χ1v) is 17.2. The molecule has 0 bridgehead atoms. The average Bonchev–Trinajstić information content (AvgIpc) is 3.38. The molecule has 0 saturated carbocycles. The lowest BCUT2D eigenvalue weighted by atomic mass is 9.94. The van der Waals surface area contributed by atoms with Crippen LogP contribution in [0.4, 0.5) is 0 Å². The molecule has 1 aromatic heterocycles. The summed E-state index contributed by atoms with van der Waals surface area (Å²) in [4.78, 5) is 14.0. The molecule has 1 saturated heterocycles. The number of primary amides is 1. The molecule has 6 rings (SSSR count). The van der Waals surface area contributed by atoms with Crippen LogP contribution in [0.5, 0.6) is 0 Å². The lowest BCUT2D eigenvalue weighted by molar-refractivity contribution is -0.120. The largest absolute Gasteiger partial charge is 0.379 e. The number of nitrogens with two attached hydrogens (primary N) is 1. The summed E-state index contributed by atoms with van der Waals surface area (Å²) in [5, 5.41) is 8.74. The Hall–Kier alpha value is -3.24. The van der Waals surface area contributed by atoms with Gasteiger partial charge in [0, 0.05) is 80.2 Å². The number of sulfonamides is 1. The quantitative estimate of drug-likeness (QED) is 0.381. The molecule has 1 atom stereocenters. The van der Waals surface area contributed by atoms with E-state index in [9.17, 15) is 13.2 Å². The number of morpholine rings is 1. The van der Waals surface area contributed by atoms with Gasteiger partial charge in [0.1, 0.15) is 0 Å². The van der Waals surface area contributed by atoms with Gasteiger partial charge in [0.25, 0.3) is 0 Å². The van der Waals surface area contributed by atoms with E-state index < -0.39 is 10.0 Å². The van der Waals surface area contributed by atoms with Gasteiger partial charge in [-0.1, -0.05) is 35.6 Å². The van der Waals surface area contributed by atoms with E-state index in [-0.39, 0.29) is 18.5 Å². The first-order chi connectivity index (χ1) is 21.2. The predicted molar refractivity (Wildman–Crippen MR) is 169 cm³/mol. The van der Waals surface area contributed by atoms with Crippen LogP contribution in [-0.4, -0.2) is 85.0 Å². The van der Waals surface area contributed by atoms with Crippen molar-refractivity contribution in [3.05, 3.63) is 74.9 Å². The van der Waals surface area contributed by atoms with Gasteiger partial charge < -0.3 is 15.8 Å². The fourth-order valence-electron chi connectivity index (χ4n) is 6.14. The number of fused-ring (bicyclic) bond motifs is 2. The number of aryl methyl sites for hydroxylation is 1. The minimum Gasteiger partial charge on any atom is -0.379 e. The number of aromatic nitrogens is 2. The Labute approximate surface area is 263 Å². The van der Waals surface area contributed by atoms with Crippen LogP contribution < -0.4 is 11.1 Å². The van der Waals surface area contributed by atoms with E-state index in [1.165, 1.54) is 10.6 Å². The van der Waals surface area contributed by atoms with Crippen molar-refractivity contribution >= 4 is 27.5 Å². The fourth-order valence-corrected chi connectivity index (χ4v) is 7.09. The smallest absolute Gasteiger partial charge is 0.234 e. The third kappa shape index (κ3) is 6.86. The van der Waals surface area contributed by atoms with Crippen LogP contribution in [0.1, 0.15) is 39.9 Å². The van der Waals surface area contributed by atoms with Gasteiger partial charge >= 0.3 is 0 Å². The lowest BCUT2D eigenvalue weighted by Crippen LogP contribution is -2.45. The fraction of sp³-hybridized carbons (Fsp3) is 0.438. The Morgan fingerprint density at radius 2 is 1.93 bits per heavy atom. The molecule has 0 spiro atoms. The van der Waals surface area contributed by atoms with Gasteiger partial charge in [0.2, 0.25) is 15.9 Å². The molecular formula is C32H37ClN6O4S. The first-order valence-electron chi connectivity index (χ1n) is 15.0. The first kappa shape index (κ1) is 30.8. The van der Waals surface area contributed by atoms with Gasteiger partial charge in [-0.25, -0.2) is 8.42 Å². The Kier molecular flexibility index (Phi) is 9.10. The van der Waals surface area contributed by atoms with Gasteiger partial charge in [-0.2, -0.15) is 9.40 Å². The average molecular weight is 637 g/mol. The van der Waals surface area contributed by atoms with E-state index in [1.807, 2.05) is 36.4 Å². The van der Waals surface area contributed by atoms with Crippen molar-refractivity contribution in [2.45, 2.75) is 44.9 Å². The van der Waals surface area contributed by atoms with Crippen molar-refractivity contribution in [2.24, 2.45) is 5.73 Å². The Morgan fingerprint density at radius 3 is 2.70 bits per heavy atom. The number of carbonyl (C=O) groups excluding carboxylic acids is 1. The topological polar surface area (TPSA) is 123 Å². The number of ether oxygens (including phenoxy) is 1. The van der Waals surface area contributed by atoms with Gasteiger partial charge in [-0.3, -0.25) is 14.4 Å². The molecule has 1 unspecified atom stereocenters. The number of amides is 1. The highest BCUT2D eigenvalue weighted by molar-refractivity contribution is 7.88. The molecule has 44 heavy (non-hydrogen) atoms. The molecular weight excluding hydrogens is 600 g/mol. The van der Waals surface area contributed by atoms with Crippen molar-refractivity contribution < 1.29 is 17.9 Å². The minimum atomic E-state index is -3.35. The maximum absolute atomic E-state index is 12.5. The summed E-state index contributed by atoms with van der Waals surface area (Å²) in [6.07, 6.45) is 3.38. The van der Waals surface area contributed by atoms with E-state index in [0.717, 1.165) is 85.0 Å². The number of nitrogens with one attached hydrogen (secondary N) is 1. The number of nitrogens with zero attached hydrogens (tertiary/aromatic N) is 4. The molecule has 3 aliphatic rings. The number of hydrogen-bond acceptors (Lipinski definition) is 7. The highest BCUT2D eigenvalue weighted by Gasteiger charge is 2.30. The van der Waals surface area contributed by atoms with Crippen LogP contribution in [-0.2, 0) is 52.0 Å². The molecule has 3 N–H and O–H groups in total. The van der Waals surface area contributed by atoms with E-state index in [4.69, 9.17) is 27.2 Å². The summed E-state index contributed by atoms with van der Waals surface area (Å²) in [7, 11) is -3.35. The van der Waals surface area contributed by atoms with Crippen molar-refractivity contribution in [3.63, 3.8) is 0 Å². The predicted octanol–water partition coefficient (Wildman–Crippen LogP) is 2.14. The van der Waals surface area contributed by atoms with Crippen molar-refractivity contribution in [1.82, 2.24) is 24.3 Å². The molecule has 3 aromatic rings. The summed E-state index contributed by atoms with van der Waals surface area (Å²) in [5.74, 6) is 6.12. The second-order valence-corrected chi connectivity index (χ2v) is 14.0. The number of benzene rings is 2. The van der Waals surface area contributed by atoms with Gasteiger partial charge in [-0.15, -0.1) is 0 Å². The number of rotatable bonds is 7. The molecule has 1 fully saturated rings. The number of hydrogen-bond donors (Lipinski definition) is 2.